The molecule has 0 N–H and O–H groups in total. The number of halogens is 1. The standard InChI is InChI=1S/C20H18FNO3S2/c1-3-22-19(23)18(27-20(22)26)11-13-4-9-17(24-2)14(10-13)12-25-16-7-5-15(21)6-8-16/h4-11H,3,12H2,1-2H3. The predicted molar refractivity (Wildman–Crippen MR) is 109 cm³/mol. The van der Waals surface area contributed by atoms with Crippen LogP contribution in [-0.2, 0) is 11.4 Å². The molecule has 0 spiro atoms. The van der Waals surface area contributed by atoms with Crippen molar-refractivity contribution in [3.63, 3.8) is 0 Å². The molecule has 27 heavy (non-hydrogen) atoms. The van der Waals surface area contributed by atoms with E-state index in [0.717, 1.165) is 11.1 Å². The molecule has 140 valence electrons. The van der Waals surface area contributed by atoms with Gasteiger partial charge in [0.1, 0.15) is 28.2 Å². The van der Waals surface area contributed by atoms with Gasteiger partial charge in [-0.2, -0.15) is 0 Å². The van der Waals surface area contributed by atoms with Gasteiger partial charge in [0.25, 0.3) is 5.91 Å². The maximum atomic E-state index is 13.0. The molecule has 0 unspecified atom stereocenters. The quantitative estimate of drug-likeness (QED) is 0.519. The van der Waals surface area contributed by atoms with Crippen molar-refractivity contribution in [3.05, 3.63) is 64.3 Å². The minimum absolute atomic E-state index is 0.0765. The Morgan fingerprint density at radius 2 is 1.96 bits per heavy atom. The summed E-state index contributed by atoms with van der Waals surface area (Å²) in [6.45, 7) is 2.71. The Morgan fingerprint density at radius 3 is 2.59 bits per heavy atom. The van der Waals surface area contributed by atoms with Crippen molar-refractivity contribution in [2.45, 2.75) is 13.5 Å². The fourth-order valence-electron chi connectivity index (χ4n) is 2.62. The van der Waals surface area contributed by atoms with E-state index in [-0.39, 0.29) is 18.3 Å². The monoisotopic (exact) mass is 403 g/mol. The van der Waals surface area contributed by atoms with E-state index >= 15 is 0 Å². The minimum Gasteiger partial charge on any atom is -0.496 e. The summed E-state index contributed by atoms with van der Waals surface area (Å²) in [5.74, 6) is 0.849. The molecule has 0 aromatic heterocycles. The molecule has 7 heteroatoms. The Labute approximate surface area is 167 Å². The number of likely N-dealkylation sites (N-methyl/N-ethyl adjacent to an activating group) is 1. The molecule has 3 rings (SSSR count). The van der Waals surface area contributed by atoms with E-state index in [1.54, 1.807) is 24.1 Å². The summed E-state index contributed by atoms with van der Waals surface area (Å²) in [5.41, 5.74) is 1.67. The molecule has 0 saturated carbocycles. The highest BCUT2D eigenvalue weighted by Gasteiger charge is 2.30. The summed E-state index contributed by atoms with van der Waals surface area (Å²) in [4.78, 5) is 14.5. The zero-order valence-electron chi connectivity index (χ0n) is 14.9. The van der Waals surface area contributed by atoms with Crippen molar-refractivity contribution < 1.29 is 18.7 Å². The minimum atomic E-state index is -0.314. The van der Waals surface area contributed by atoms with Crippen LogP contribution in [0.5, 0.6) is 11.5 Å². The number of nitrogens with zero attached hydrogens (tertiary/aromatic N) is 1. The van der Waals surface area contributed by atoms with Crippen molar-refractivity contribution in [1.82, 2.24) is 4.90 Å². The van der Waals surface area contributed by atoms with Gasteiger partial charge in [0.2, 0.25) is 0 Å². The zero-order chi connectivity index (χ0) is 19.4. The highest BCUT2D eigenvalue weighted by Crippen LogP contribution is 2.33. The molecule has 2 aromatic carbocycles. The number of carbonyl (C=O) groups excluding carboxylic acids is 1. The van der Waals surface area contributed by atoms with Crippen LogP contribution in [0.3, 0.4) is 0 Å². The SMILES string of the molecule is CCN1C(=O)C(=Cc2ccc(OC)c(COc3ccc(F)cc3)c2)SC1=S. The fraction of sp³-hybridized carbons (Fsp3) is 0.200. The zero-order valence-corrected chi connectivity index (χ0v) is 16.5. The molecule has 0 bridgehead atoms. The van der Waals surface area contributed by atoms with Gasteiger partial charge in [-0.1, -0.05) is 30.0 Å². The lowest BCUT2D eigenvalue weighted by Crippen LogP contribution is -2.27. The van der Waals surface area contributed by atoms with Crippen LogP contribution in [0.4, 0.5) is 4.39 Å². The molecule has 0 aliphatic carbocycles. The Kier molecular flexibility index (Phi) is 6.13. The first-order chi connectivity index (χ1) is 13.0. The van der Waals surface area contributed by atoms with E-state index in [0.29, 0.717) is 27.3 Å². The number of thioether (sulfide) groups is 1. The van der Waals surface area contributed by atoms with Crippen molar-refractivity contribution >= 4 is 40.3 Å². The molecule has 1 aliphatic rings. The molecule has 4 nitrogen and oxygen atoms in total. The van der Waals surface area contributed by atoms with E-state index in [4.69, 9.17) is 21.7 Å². The molecular formula is C20H18FNO3S2. The van der Waals surface area contributed by atoms with Gasteiger partial charge in [-0.05, 0) is 55.0 Å². The number of carbonyl (C=O) groups is 1. The molecule has 1 aliphatic heterocycles. The topological polar surface area (TPSA) is 38.8 Å². The molecule has 2 aromatic rings. The van der Waals surface area contributed by atoms with E-state index in [1.165, 1.54) is 23.9 Å². The second-order valence-corrected chi connectivity index (χ2v) is 7.42. The van der Waals surface area contributed by atoms with E-state index in [2.05, 4.69) is 0 Å². The van der Waals surface area contributed by atoms with Gasteiger partial charge >= 0.3 is 0 Å². The molecule has 0 atom stereocenters. The number of hydrogen-bond acceptors (Lipinski definition) is 5. The highest BCUT2D eigenvalue weighted by atomic mass is 32.2. The van der Waals surface area contributed by atoms with Crippen LogP contribution < -0.4 is 9.47 Å². The van der Waals surface area contributed by atoms with Crippen LogP contribution in [0.2, 0.25) is 0 Å². The summed E-state index contributed by atoms with van der Waals surface area (Å²) in [7, 11) is 1.59. The maximum absolute atomic E-state index is 13.0. The van der Waals surface area contributed by atoms with Gasteiger partial charge in [-0.3, -0.25) is 9.69 Å². The first kappa shape index (κ1) is 19.4. The smallest absolute Gasteiger partial charge is 0.266 e. The Morgan fingerprint density at radius 1 is 1.22 bits per heavy atom. The number of amides is 1. The average molecular weight is 404 g/mol. The molecule has 1 fully saturated rings. The third kappa shape index (κ3) is 4.48. The second kappa shape index (κ2) is 8.54. The predicted octanol–water partition coefficient (Wildman–Crippen LogP) is 4.63. The van der Waals surface area contributed by atoms with Crippen LogP contribution in [-0.4, -0.2) is 28.8 Å². The second-order valence-electron chi connectivity index (χ2n) is 5.74. The Hall–Kier alpha value is -2.38. The molecule has 0 radical (unpaired) electrons. The van der Waals surface area contributed by atoms with Crippen molar-refractivity contribution in [3.8, 4) is 11.5 Å². The number of methoxy groups -OCH3 is 1. The number of rotatable bonds is 6. The lowest BCUT2D eigenvalue weighted by molar-refractivity contribution is -0.121. The number of thiocarbonyl (C=S) groups is 1. The van der Waals surface area contributed by atoms with Gasteiger partial charge in [0.05, 0.1) is 12.0 Å². The highest BCUT2D eigenvalue weighted by molar-refractivity contribution is 8.26. The molecular weight excluding hydrogens is 385 g/mol. The third-order valence-electron chi connectivity index (χ3n) is 4.00. The molecule has 1 amide bonds. The summed E-state index contributed by atoms with van der Waals surface area (Å²) in [6, 6.07) is 11.4. The van der Waals surface area contributed by atoms with Crippen LogP contribution in [0, 0.1) is 5.82 Å². The van der Waals surface area contributed by atoms with Gasteiger partial charge in [0.15, 0.2) is 0 Å². The van der Waals surface area contributed by atoms with Crippen LogP contribution in [0.25, 0.3) is 6.08 Å². The van der Waals surface area contributed by atoms with Crippen molar-refractivity contribution in [2.75, 3.05) is 13.7 Å². The van der Waals surface area contributed by atoms with Gasteiger partial charge in [0, 0.05) is 12.1 Å². The van der Waals surface area contributed by atoms with Gasteiger partial charge in [-0.15, -0.1) is 0 Å². The normalized spacial score (nSPS) is 15.5. The van der Waals surface area contributed by atoms with Gasteiger partial charge < -0.3 is 9.47 Å². The molecule has 1 heterocycles. The fourth-order valence-corrected chi connectivity index (χ4v) is 4.00. The van der Waals surface area contributed by atoms with Crippen LogP contribution >= 0.6 is 24.0 Å². The van der Waals surface area contributed by atoms with E-state index in [9.17, 15) is 9.18 Å². The first-order valence-corrected chi connectivity index (χ1v) is 9.55. The summed E-state index contributed by atoms with van der Waals surface area (Å²) < 4.78 is 24.7. The summed E-state index contributed by atoms with van der Waals surface area (Å²) >= 11 is 6.54. The summed E-state index contributed by atoms with van der Waals surface area (Å²) in [5, 5.41) is 0. The van der Waals surface area contributed by atoms with Crippen LogP contribution in [0.1, 0.15) is 18.1 Å². The van der Waals surface area contributed by atoms with E-state index in [1.807, 2.05) is 31.2 Å². The summed E-state index contributed by atoms with van der Waals surface area (Å²) in [6.07, 6.45) is 1.82. The van der Waals surface area contributed by atoms with Crippen molar-refractivity contribution in [2.24, 2.45) is 0 Å². The molecule has 1 saturated heterocycles. The lowest BCUT2D eigenvalue weighted by Gasteiger charge is -2.11. The van der Waals surface area contributed by atoms with Crippen molar-refractivity contribution in [1.29, 1.82) is 0 Å². The third-order valence-corrected chi connectivity index (χ3v) is 5.38. The number of ether oxygens (including phenoxy) is 2. The number of benzene rings is 2. The number of hydrogen-bond donors (Lipinski definition) is 0. The lowest BCUT2D eigenvalue weighted by atomic mass is 10.1. The van der Waals surface area contributed by atoms with E-state index < -0.39 is 0 Å². The Balaban J connectivity index is 1.81. The Bertz CT molecular complexity index is 897. The first-order valence-electron chi connectivity index (χ1n) is 8.32. The maximum Gasteiger partial charge on any atom is 0.266 e. The van der Waals surface area contributed by atoms with Crippen LogP contribution in [0.15, 0.2) is 47.4 Å². The largest absolute Gasteiger partial charge is 0.496 e. The van der Waals surface area contributed by atoms with Gasteiger partial charge in [-0.25, -0.2) is 4.39 Å². The average Bonchev–Trinajstić information content (AvgIpc) is 2.94.